The van der Waals surface area contributed by atoms with Gasteiger partial charge in [0, 0.05) is 18.8 Å². The summed E-state index contributed by atoms with van der Waals surface area (Å²) in [5.74, 6) is -0.819. The summed E-state index contributed by atoms with van der Waals surface area (Å²) in [6, 6.07) is 7.65. The molecular formula is C15H13FN4O2. The van der Waals surface area contributed by atoms with E-state index in [4.69, 9.17) is 4.84 Å². The number of benzene rings is 1. The van der Waals surface area contributed by atoms with Crippen molar-refractivity contribution in [2.24, 2.45) is 0 Å². The molecule has 22 heavy (non-hydrogen) atoms. The minimum atomic E-state index is -0.425. The standard InChI is InChI=1S/C15H13FN4O2/c1-19(22-2)15(21)13-14(10-4-3-5-11(16)8-10)20-9-17-7-6-12(20)18-13/h3-9H,1-2H3. The SMILES string of the molecule is CON(C)C(=O)c1nc2ccncn2c1-c1cccc(F)c1. The van der Waals surface area contributed by atoms with Gasteiger partial charge in [0.1, 0.15) is 17.8 Å². The Hall–Kier alpha value is -2.80. The number of halogens is 1. The van der Waals surface area contributed by atoms with E-state index in [1.54, 1.807) is 28.8 Å². The molecule has 7 heteroatoms. The van der Waals surface area contributed by atoms with Gasteiger partial charge < -0.3 is 0 Å². The molecule has 0 N–H and O–H groups in total. The number of imidazole rings is 1. The summed E-state index contributed by atoms with van der Waals surface area (Å²) < 4.78 is 15.2. The van der Waals surface area contributed by atoms with Crippen LogP contribution in [-0.2, 0) is 4.84 Å². The summed E-state index contributed by atoms with van der Waals surface area (Å²) in [6.07, 6.45) is 3.11. The van der Waals surface area contributed by atoms with Gasteiger partial charge in [0.15, 0.2) is 5.69 Å². The molecule has 3 aromatic rings. The van der Waals surface area contributed by atoms with Crippen LogP contribution in [0.5, 0.6) is 0 Å². The molecule has 0 saturated heterocycles. The summed E-state index contributed by atoms with van der Waals surface area (Å²) in [7, 11) is 2.87. The lowest BCUT2D eigenvalue weighted by atomic mass is 10.1. The van der Waals surface area contributed by atoms with Gasteiger partial charge in [-0.1, -0.05) is 12.1 Å². The number of carbonyl (C=O) groups excluding carboxylic acids is 1. The van der Waals surface area contributed by atoms with Crippen LogP contribution in [0.1, 0.15) is 10.5 Å². The normalized spacial score (nSPS) is 10.9. The van der Waals surface area contributed by atoms with E-state index in [-0.39, 0.29) is 5.69 Å². The average Bonchev–Trinajstić information content (AvgIpc) is 2.92. The van der Waals surface area contributed by atoms with Crippen molar-refractivity contribution in [2.45, 2.75) is 0 Å². The van der Waals surface area contributed by atoms with E-state index in [0.29, 0.717) is 16.9 Å². The van der Waals surface area contributed by atoms with Crippen LogP contribution in [-0.4, -0.2) is 39.5 Å². The van der Waals surface area contributed by atoms with Crippen LogP contribution in [0.25, 0.3) is 16.9 Å². The molecule has 0 radical (unpaired) electrons. The summed E-state index contributed by atoms with van der Waals surface area (Å²) in [6.45, 7) is 0. The molecule has 6 nitrogen and oxygen atoms in total. The van der Waals surface area contributed by atoms with E-state index in [1.165, 1.54) is 32.6 Å². The van der Waals surface area contributed by atoms with E-state index in [0.717, 1.165) is 5.06 Å². The molecule has 0 saturated carbocycles. The highest BCUT2D eigenvalue weighted by atomic mass is 19.1. The molecule has 1 aromatic carbocycles. The molecule has 2 heterocycles. The van der Waals surface area contributed by atoms with Crippen LogP contribution in [0.3, 0.4) is 0 Å². The van der Waals surface area contributed by atoms with Crippen LogP contribution >= 0.6 is 0 Å². The molecule has 112 valence electrons. The van der Waals surface area contributed by atoms with Crippen molar-refractivity contribution in [2.75, 3.05) is 14.2 Å². The fourth-order valence-electron chi connectivity index (χ4n) is 2.19. The quantitative estimate of drug-likeness (QED) is 0.696. The Morgan fingerprint density at radius 2 is 2.18 bits per heavy atom. The van der Waals surface area contributed by atoms with Gasteiger partial charge >= 0.3 is 0 Å². The molecule has 0 fully saturated rings. The number of amides is 1. The highest BCUT2D eigenvalue weighted by Crippen LogP contribution is 2.26. The molecule has 2 aromatic heterocycles. The third-order valence-electron chi connectivity index (χ3n) is 3.29. The number of hydrogen-bond donors (Lipinski definition) is 0. The van der Waals surface area contributed by atoms with Gasteiger partial charge in [-0.2, -0.15) is 0 Å². The van der Waals surface area contributed by atoms with E-state index in [2.05, 4.69) is 9.97 Å². The summed E-state index contributed by atoms with van der Waals surface area (Å²) in [5.41, 5.74) is 1.72. The summed E-state index contributed by atoms with van der Waals surface area (Å²) in [5, 5.41) is 1.07. The maximum Gasteiger partial charge on any atom is 0.298 e. The maximum absolute atomic E-state index is 13.6. The lowest BCUT2D eigenvalue weighted by Crippen LogP contribution is -2.26. The van der Waals surface area contributed by atoms with E-state index < -0.39 is 11.7 Å². The average molecular weight is 300 g/mol. The van der Waals surface area contributed by atoms with Crippen molar-refractivity contribution in [3.8, 4) is 11.3 Å². The zero-order valence-electron chi connectivity index (χ0n) is 12.0. The molecule has 0 atom stereocenters. The van der Waals surface area contributed by atoms with Crippen LogP contribution in [0.15, 0.2) is 42.9 Å². The number of rotatable bonds is 3. The van der Waals surface area contributed by atoms with Gasteiger partial charge in [-0.25, -0.2) is 19.4 Å². The number of hydroxylamine groups is 2. The smallest absolute Gasteiger partial charge is 0.282 e. The molecule has 3 rings (SSSR count). The fraction of sp³-hybridized carbons (Fsp3) is 0.133. The molecule has 0 unspecified atom stereocenters. The predicted molar refractivity (Wildman–Crippen MR) is 77.5 cm³/mol. The topological polar surface area (TPSA) is 59.7 Å². The summed E-state index contributed by atoms with van der Waals surface area (Å²) in [4.78, 5) is 25.7. The molecule has 1 amide bonds. The van der Waals surface area contributed by atoms with Crippen LogP contribution in [0.4, 0.5) is 4.39 Å². The molecule has 0 aliphatic heterocycles. The number of carbonyl (C=O) groups is 1. The lowest BCUT2D eigenvalue weighted by Gasteiger charge is -2.13. The zero-order chi connectivity index (χ0) is 15.7. The first-order valence-electron chi connectivity index (χ1n) is 6.52. The van der Waals surface area contributed by atoms with E-state index in [9.17, 15) is 9.18 Å². The first-order chi connectivity index (χ1) is 10.6. The fourth-order valence-corrected chi connectivity index (χ4v) is 2.19. The maximum atomic E-state index is 13.6. The van der Waals surface area contributed by atoms with Gasteiger partial charge in [-0.3, -0.25) is 14.0 Å². The molecular weight excluding hydrogens is 287 g/mol. The summed E-state index contributed by atoms with van der Waals surface area (Å²) >= 11 is 0. The van der Waals surface area contributed by atoms with Crippen molar-refractivity contribution in [3.05, 3.63) is 54.4 Å². The molecule has 0 spiro atoms. The van der Waals surface area contributed by atoms with Crippen LogP contribution in [0.2, 0.25) is 0 Å². The lowest BCUT2D eigenvalue weighted by molar-refractivity contribution is -0.0759. The predicted octanol–water partition coefficient (Wildman–Crippen LogP) is 2.17. The Labute approximate surface area is 125 Å². The van der Waals surface area contributed by atoms with Crippen LogP contribution in [0, 0.1) is 5.82 Å². The second-order valence-corrected chi connectivity index (χ2v) is 4.61. The van der Waals surface area contributed by atoms with Crippen molar-refractivity contribution in [3.63, 3.8) is 0 Å². The monoisotopic (exact) mass is 300 g/mol. The van der Waals surface area contributed by atoms with Gasteiger partial charge in [-0.05, 0) is 18.2 Å². The third-order valence-corrected chi connectivity index (χ3v) is 3.29. The van der Waals surface area contributed by atoms with E-state index >= 15 is 0 Å². The van der Waals surface area contributed by atoms with Crippen LogP contribution < -0.4 is 0 Å². The highest BCUT2D eigenvalue weighted by molar-refractivity contribution is 5.98. The highest BCUT2D eigenvalue weighted by Gasteiger charge is 2.23. The van der Waals surface area contributed by atoms with Crippen molar-refractivity contribution < 1.29 is 14.0 Å². The zero-order valence-corrected chi connectivity index (χ0v) is 12.0. The Balaban J connectivity index is 2.28. The van der Waals surface area contributed by atoms with Gasteiger partial charge in [-0.15, -0.1) is 0 Å². The molecule has 0 bridgehead atoms. The van der Waals surface area contributed by atoms with Gasteiger partial charge in [0.2, 0.25) is 0 Å². The molecule has 0 aliphatic carbocycles. The van der Waals surface area contributed by atoms with E-state index in [1.807, 2.05) is 0 Å². The Bertz CT molecular complexity index is 846. The second kappa shape index (κ2) is 5.53. The van der Waals surface area contributed by atoms with Crippen molar-refractivity contribution in [1.82, 2.24) is 19.4 Å². The largest absolute Gasteiger partial charge is 0.298 e. The Kier molecular flexibility index (Phi) is 3.56. The minimum absolute atomic E-state index is 0.169. The van der Waals surface area contributed by atoms with Gasteiger partial charge in [0.25, 0.3) is 5.91 Å². The number of fused-ring (bicyclic) bond motifs is 1. The van der Waals surface area contributed by atoms with Crippen molar-refractivity contribution >= 4 is 11.6 Å². The first-order valence-corrected chi connectivity index (χ1v) is 6.52. The molecule has 0 aliphatic rings. The number of hydrogen-bond acceptors (Lipinski definition) is 4. The first kappa shape index (κ1) is 14.2. The number of nitrogens with zero attached hydrogens (tertiary/aromatic N) is 4. The Morgan fingerprint density at radius 1 is 1.36 bits per heavy atom. The number of aromatic nitrogens is 3. The van der Waals surface area contributed by atoms with Crippen molar-refractivity contribution in [1.29, 1.82) is 0 Å². The van der Waals surface area contributed by atoms with Gasteiger partial charge in [0.05, 0.1) is 12.8 Å². The third kappa shape index (κ3) is 2.31. The second-order valence-electron chi connectivity index (χ2n) is 4.61. The Morgan fingerprint density at radius 3 is 2.91 bits per heavy atom. The minimum Gasteiger partial charge on any atom is -0.282 e.